The molecule has 1 heterocycles. The summed E-state index contributed by atoms with van der Waals surface area (Å²) in [5, 5.41) is 14.1. The van der Waals surface area contributed by atoms with E-state index in [-0.39, 0.29) is 24.2 Å². The van der Waals surface area contributed by atoms with Crippen LogP contribution < -0.4 is 15.4 Å². The molecule has 0 aliphatic carbocycles. The van der Waals surface area contributed by atoms with Crippen molar-refractivity contribution in [3.8, 4) is 5.75 Å². The van der Waals surface area contributed by atoms with Crippen LogP contribution in [0.15, 0.2) is 58.9 Å². The van der Waals surface area contributed by atoms with Gasteiger partial charge in [0.2, 0.25) is 11.0 Å². The van der Waals surface area contributed by atoms with Gasteiger partial charge in [0.25, 0.3) is 5.91 Å². The molecule has 0 aliphatic heterocycles. The fourth-order valence-electron chi connectivity index (χ4n) is 2.03. The molecule has 3 rings (SSSR count). The van der Waals surface area contributed by atoms with Gasteiger partial charge in [-0.2, -0.15) is 0 Å². The minimum atomic E-state index is -0.338. The van der Waals surface area contributed by atoms with E-state index in [9.17, 15) is 9.59 Å². The van der Waals surface area contributed by atoms with E-state index in [1.165, 1.54) is 23.1 Å². The van der Waals surface area contributed by atoms with Crippen molar-refractivity contribution in [3.05, 3.63) is 59.6 Å². The largest absolute Gasteiger partial charge is 0.484 e. The Labute approximate surface area is 174 Å². The van der Waals surface area contributed by atoms with Crippen molar-refractivity contribution < 1.29 is 14.3 Å². The van der Waals surface area contributed by atoms with Crippen LogP contribution in [0.4, 0.5) is 10.8 Å². The Morgan fingerprint density at radius 2 is 1.86 bits per heavy atom. The molecule has 0 radical (unpaired) electrons. The predicted octanol–water partition coefficient (Wildman–Crippen LogP) is 3.94. The zero-order valence-electron chi connectivity index (χ0n) is 14.4. The maximum absolute atomic E-state index is 12.0. The quantitative estimate of drug-likeness (QED) is 0.412. The smallest absolute Gasteiger partial charge is 0.264 e. The number of amides is 2. The molecule has 10 heteroatoms. The van der Waals surface area contributed by atoms with Gasteiger partial charge in [0.1, 0.15) is 5.75 Å². The Kier molecular flexibility index (Phi) is 7.24. The minimum Gasteiger partial charge on any atom is -0.484 e. The fraction of sp³-hybridized carbons (Fsp3) is 0.111. The molecule has 2 aromatic carbocycles. The van der Waals surface area contributed by atoms with Gasteiger partial charge in [-0.15, -0.1) is 10.2 Å². The molecule has 0 atom stereocenters. The lowest BCUT2D eigenvalue weighted by molar-refractivity contribution is -0.118. The summed E-state index contributed by atoms with van der Waals surface area (Å²) in [6, 6.07) is 15.9. The molecule has 28 heavy (non-hydrogen) atoms. The second kappa shape index (κ2) is 10.1. The number of carbonyl (C=O) groups is 2. The number of para-hydroxylation sites is 1. The summed E-state index contributed by atoms with van der Waals surface area (Å²) in [7, 11) is 0. The molecule has 144 valence electrons. The van der Waals surface area contributed by atoms with Crippen LogP contribution in [0.1, 0.15) is 0 Å². The van der Waals surface area contributed by atoms with Crippen LogP contribution in [0, 0.1) is 0 Å². The number of benzene rings is 2. The third-order valence-electron chi connectivity index (χ3n) is 3.20. The van der Waals surface area contributed by atoms with Crippen LogP contribution in [0.5, 0.6) is 5.75 Å². The van der Waals surface area contributed by atoms with Gasteiger partial charge in [0.15, 0.2) is 10.9 Å². The van der Waals surface area contributed by atoms with Gasteiger partial charge in [0, 0.05) is 10.7 Å². The number of nitrogens with zero attached hydrogens (tertiary/aromatic N) is 2. The Bertz CT molecular complexity index is 953. The zero-order chi connectivity index (χ0) is 19.8. The number of hydrogen-bond donors (Lipinski definition) is 2. The van der Waals surface area contributed by atoms with Crippen molar-refractivity contribution in [2.75, 3.05) is 23.0 Å². The van der Waals surface area contributed by atoms with E-state index in [2.05, 4.69) is 20.8 Å². The lowest BCUT2D eigenvalue weighted by Crippen LogP contribution is -2.20. The Hall–Kier alpha value is -2.62. The number of nitrogens with one attached hydrogen (secondary N) is 2. The van der Waals surface area contributed by atoms with Crippen LogP contribution in [0.2, 0.25) is 5.02 Å². The van der Waals surface area contributed by atoms with Crippen molar-refractivity contribution in [2.24, 2.45) is 0 Å². The van der Waals surface area contributed by atoms with Crippen LogP contribution in [0.25, 0.3) is 0 Å². The molecule has 0 unspecified atom stereocenters. The third kappa shape index (κ3) is 6.52. The summed E-state index contributed by atoms with van der Waals surface area (Å²) >= 11 is 8.30. The Balaban J connectivity index is 1.42. The van der Waals surface area contributed by atoms with Gasteiger partial charge in [-0.05, 0) is 30.3 Å². The number of aromatic nitrogens is 2. The maximum atomic E-state index is 12.0. The van der Waals surface area contributed by atoms with Crippen LogP contribution in [0.3, 0.4) is 0 Å². The summed E-state index contributed by atoms with van der Waals surface area (Å²) in [4.78, 5) is 23.9. The summed E-state index contributed by atoms with van der Waals surface area (Å²) in [6.07, 6.45) is 0. The van der Waals surface area contributed by atoms with Gasteiger partial charge in [-0.3, -0.25) is 14.9 Å². The highest BCUT2D eigenvalue weighted by atomic mass is 35.5. The second-order valence-electron chi connectivity index (χ2n) is 5.37. The van der Waals surface area contributed by atoms with Gasteiger partial charge in [-0.1, -0.05) is 59.0 Å². The summed E-state index contributed by atoms with van der Waals surface area (Å²) in [5.74, 6) is 0.239. The second-order valence-corrected chi connectivity index (χ2v) is 8.01. The van der Waals surface area contributed by atoms with Crippen LogP contribution in [-0.2, 0) is 9.59 Å². The van der Waals surface area contributed by atoms with Gasteiger partial charge in [-0.25, -0.2) is 0 Å². The number of thioether (sulfide) groups is 1. The molecule has 2 amide bonds. The van der Waals surface area contributed by atoms with Crippen molar-refractivity contribution >= 4 is 57.3 Å². The van der Waals surface area contributed by atoms with E-state index < -0.39 is 0 Å². The normalized spacial score (nSPS) is 10.3. The van der Waals surface area contributed by atoms with Crippen molar-refractivity contribution in [1.29, 1.82) is 0 Å². The van der Waals surface area contributed by atoms with Crippen LogP contribution >= 0.6 is 34.7 Å². The molecule has 3 aromatic rings. The van der Waals surface area contributed by atoms with Crippen molar-refractivity contribution in [1.82, 2.24) is 10.2 Å². The number of anilines is 2. The molecule has 2 N–H and O–H groups in total. The Morgan fingerprint density at radius 1 is 1.04 bits per heavy atom. The van der Waals surface area contributed by atoms with E-state index in [1.807, 2.05) is 18.2 Å². The third-order valence-corrected chi connectivity index (χ3v) is 5.41. The highest BCUT2D eigenvalue weighted by Gasteiger charge is 2.11. The highest BCUT2D eigenvalue weighted by Crippen LogP contribution is 2.25. The van der Waals surface area contributed by atoms with Crippen molar-refractivity contribution in [3.63, 3.8) is 0 Å². The predicted molar refractivity (Wildman–Crippen MR) is 111 cm³/mol. The molecular formula is C18H15ClN4O3S2. The number of hydrogen-bond acceptors (Lipinski definition) is 7. The molecule has 0 saturated carbocycles. The fourth-order valence-corrected chi connectivity index (χ4v) is 3.79. The lowest BCUT2D eigenvalue weighted by Gasteiger charge is -2.04. The molecular weight excluding hydrogens is 420 g/mol. The summed E-state index contributed by atoms with van der Waals surface area (Å²) < 4.78 is 5.94. The van der Waals surface area contributed by atoms with Gasteiger partial charge < -0.3 is 10.1 Å². The topological polar surface area (TPSA) is 93.2 Å². The minimum absolute atomic E-state index is 0.131. The van der Waals surface area contributed by atoms with E-state index in [0.717, 1.165) is 0 Å². The maximum Gasteiger partial charge on any atom is 0.264 e. The standard InChI is InChI=1S/C18H15ClN4O3S2/c19-12-5-4-6-13(9-12)20-16(25)11-27-18-23-22-17(28-18)21-15(24)10-26-14-7-2-1-3-8-14/h1-9H,10-11H2,(H,20,25)(H,21,22,24). The summed E-state index contributed by atoms with van der Waals surface area (Å²) in [6.45, 7) is -0.131. The van der Waals surface area contributed by atoms with E-state index in [1.54, 1.807) is 36.4 Å². The van der Waals surface area contributed by atoms with Crippen LogP contribution in [-0.4, -0.2) is 34.4 Å². The molecule has 0 saturated heterocycles. The zero-order valence-corrected chi connectivity index (χ0v) is 16.8. The first-order valence-electron chi connectivity index (χ1n) is 8.08. The highest BCUT2D eigenvalue weighted by molar-refractivity contribution is 8.01. The number of halogens is 1. The molecule has 0 fully saturated rings. The molecule has 1 aromatic heterocycles. The molecule has 0 bridgehead atoms. The average molecular weight is 435 g/mol. The van der Waals surface area contributed by atoms with Crippen molar-refractivity contribution in [2.45, 2.75) is 4.34 Å². The summed E-state index contributed by atoms with van der Waals surface area (Å²) in [5.41, 5.74) is 0.627. The Morgan fingerprint density at radius 3 is 2.64 bits per heavy atom. The number of carbonyl (C=O) groups excluding carboxylic acids is 2. The molecule has 0 spiro atoms. The first-order valence-corrected chi connectivity index (χ1v) is 10.3. The first kappa shape index (κ1) is 20.1. The molecule has 7 nitrogen and oxygen atoms in total. The van der Waals surface area contributed by atoms with Gasteiger partial charge >= 0.3 is 0 Å². The van der Waals surface area contributed by atoms with E-state index in [0.29, 0.717) is 25.9 Å². The number of ether oxygens (including phenoxy) is 1. The van der Waals surface area contributed by atoms with E-state index in [4.69, 9.17) is 16.3 Å². The lowest BCUT2D eigenvalue weighted by atomic mass is 10.3. The monoisotopic (exact) mass is 434 g/mol. The molecule has 0 aliphatic rings. The number of rotatable bonds is 8. The van der Waals surface area contributed by atoms with Gasteiger partial charge in [0.05, 0.1) is 5.75 Å². The van der Waals surface area contributed by atoms with E-state index >= 15 is 0 Å². The SMILES string of the molecule is O=C(CSc1nnc(NC(=O)COc2ccccc2)s1)Nc1cccc(Cl)c1. The average Bonchev–Trinajstić information content (AvgIpc) is 3.13. The first-order chi connectivity index (χ1) is 13.6.